The Morgan fingerprint density at radius 3 is 3.09 bits per heavy atom. The zero-order valence-corrected chi connectivity index (χ0v) is 6.23. The van der Waals surface area contributed by atoms with E-state index in [1.54, 1.807) is 18.6 Å². The minimum absolute atomic E-state index is 0.198. The van der Waals surface area contributed by atoms with Gasteiger partial charge in [-0.25, -0.2) is 0 Å². The maximum absolute atomic E-state index is 5.44. The van der Waals surface area contributed by atoms with Crippen LogP contribution in [-0.4, -0.2) is 16.6 Å². The third-order valence-corrected chi connectivity index (χ3v) is 1.84. The van der Waals surface area contributed by atoms with Crippen LogP contribution in [0.3, 0.4) is 0 Å². The second-order valence-corrected chi connectivity index (χ2v) is 2.63. The van der Waals surface area contributed by atoms with E-state index in [1.807, 2.05) is 0 Å². The van der Waals surface area contributed by atoms with Crippen molar-refractivity contribution >= 4 is 0 Å². The molecule has 0 aliphatic carbocycles. The van der Waals surface area contributed by atoms with E-state index >= 15 is 0 Å². The van der Waals surface area contributed by atoms with Gasteiger partial charge in [0.05, 0.1) is 11.9 Å². The Balaban J connectivity index is 2.16. The van der Waals surface area contributed by atoms with Crippen LogP contribution in [0.1, 0.15) is 24.6 Å². The van der Waals surface area contributed by atoms with Gasteiger partial charge in [-0.15, -0.1) is 0 Å². The van der Waals surface area contributed by atoms with Gasteiger partial charge in [-0.1, -0.05) is 0 Å². The summed E-state index contributed by atoms with van der Waals surface area (Å²) >= 11 is 0. The van der Waals surface area contributed by atoms with Gasteiger partial charge >= 0.3 is 0 Å². The molecule has 1 aromatic heterocycles. The second-order valence-electron chi connectivity index (χ2n) is 2.63. The fourth-order valence-electron chi connectivity index (χ4n) is 1.29. The number of hydrogen-bond acceptors (Lipinski definition) is 3. The molecule has 1 atom stereocenters. The Morgan fingerprint density at radius 1 is 1.45 bits per heavy atom. The summed E-state index contributed by atoms with van der Waals surface area (Å²) in [7, 11) is 0. The average Bonchev–Trinajstić information content (AvgIpc) is 2.58. The van der Waals surface area contributed by atoms with E-state index in [1.165, 1.54) is 0 Å². The lowest BCUT2D eigenvalue weighted by Crippen LogP contribution is -1.98. The summed E-state index contributed by atoms with van der Waals surface area (Å²) < 4.78 is 5.44. The maximum atomic E-state index is 5.44. The molecule has 0 radical (unpaired) electrons. The van der Waals surface area contributed by atoms with Crippen LogP contribution >= 0.6 is 0 Å². The highest BCUT2D eigenvalue weighted by Gasteiger charge is 2.18. The van der Waals surface area contributed by atoms with Gasteiger partial charge in [-0.3, -0.25) is 9.97 Å². The van der Waals surface area contributed by atoms with Crippen molar-refractivity contribution in [2.24, 2.45) is 0 Å². The fraction of sp³-hybridized carbons (Fsp3) is 0.500. The zero-order valence-electron chi connectivity index (χ0n) is 6.23. The van der Waals surface area contributed by atoms with Crippen molar-refractivity contribution in [2.75, 3.05) is 6.61 Å². The van der Waals surface area contributed by atoms with Crippen LogP contribution in [0.4, 0.5) is 0 Å². The van der Waals surface area contributed by atoms with Crippen molar-refractivity contribution in [3.63, 3.8) is 0 Å². The summed E-state index contributed by atoms with van der Waals surface area (Å²) in [4.78, 5) is 8.16. The Labute approximate surface area is 65.4 Å². The molecule has 1 aliphatic heterocycles. The lowest BCUT2D eigenvalue weighted by atomic mass is 10.2. The van der Waals surface area contributed by atoms with Crippen LogP contribution in [0.2, 0.25) is 0 Å². The first-order valence-electron chi connectivity index (χ1n) is 3.84. The van der Waals surface area contributed by atoms with E-state index in [9.17, 15) is 0 Å². The molecule has 58 valence electrons. The molecule has 3 nitrogen and oxygen atoms in total. The van der Waals surface area contributed by atoms with E-state index in [2.05, 4.69) is 9.97 Å². The Bertz CT molecular complexity index is 219. The highest BCUT2D eigenvalue weighted by molar-refractivity contribution is 5.00. The normalized spacial score (nSPS) is 23.8. The Kier molecular flexibility index (Phi) is 1.81. The van der Waals surface area contributed by atoms with Gasteiger partial charge in [-0.2, -0.15) is 0 Å². The SMILES string of the molecule is c1cnc(C2CCCO2)cn1. The van der Waals surface area contributed by atoms with E-state index in [0.717, 1.165) is 25.1 Å². The molecule has 11 heavy (non-hydrogen) atoms. The van der Waals surface area contributed by atoms with E-state index < -0.39 is 0 Å². The number of aromatic nitrogens is 2. The zero-order chi connectivity index (χ0) is 7.52. The van der Waals surface area contributed by atoms with Crippen LogP contribution in [0.5, 0.6) is 0 Å². The van der Waals surface area contributed by atoms with E-state index in [-0.39, 0.29) is 6.10 Å². The summed E-state index contributed by atoms with van der Waals surface area (Å²) in [5.74, 6) is 0. The number of rotatable bonds is 1. The predicted octanol–water partition coefficient (Wildman–Crippen LogP) is 1.33. The van der Waals surface area contributed by atoms with E-state index in [4.69, 9.17) is 4.74 Å². The molecule has 1 fully saturated rings. The quantitative estimate of drug-likeness (QED) is 0.605. The largest absolute Gasteiger partial charge is 0.372 e. The van der Waals surface area contributed by atoms with Crippen LogP contribution in [0.15, 0.2) is 18.6 Å². The summed E-state index contributed by atoms with van der Waals surface area (Å²) in [5, 5.41) is 0. The molecule has 2 heterocycles. The third-order valence-electron chi connectivity index (χ3n) is 1.84. The van der Waals surface area contributed by atoms with Crippen molar-refractivity contribution < 1.29 is 4.74 Å². The number of ether oxygens (including phenoxy) is 1. The Hall–Kier alpha value is -0.960. The molecular formula is C8H10N2O. The van der Waals surface area contributed by atoms with Gasteiger partial charge in [0.1, 0.15) is 6.10 Å². The summed E-state index contributed by atoms with van der Waals surface area (Å²) in [6.07, 6.45) is 7.58. The first kappa shape index (κ1) is 6.73. The molecule has 0 saturated carbocycles. The smallest absolute Gasteiger partial charge is 0.101 e. The summed E-state index contributed by atoms with van der Waals surface area (Å²) in [6, 6.07) is 0. The van der Waals surface area contributed by atoms with Crippen molar-refractivity contribution in [3.05, 3.63) is 24.3 Å². The van der Waals surface area contributed by atoms with Crippen molar-refractivity contribution in [1.82, 2.24) is 9.97 Å². The molecule has 1 aromatic rings. The molecular weight excluding hydrogens is 140 g/mol. The van der Waals surface area contributed by atoms with Gasteiger partial charge in [0.2, 0.25) is 0 Å². The third kappa shape index (κ3) is 1.38. The molecule has 0 spiro atoms. The number of nitrogens with zero attached hydrogens (tertiary/aromatic N) is 2. The molecule has 1 saturated heterocycles. The standard InChI is InChI=1S/C8H10N2O/c1-2-8(11-5-1)7-6-9-3-4-10-7/h3-4,6,8H,1-2,5H2. The van der Waals surface area contributed by atoms with Gasteiger partial charge in [0.15, 0.2) is 0 Å². The van der Waals surface area contributed by atoms with Gasteiger partial charge in [0.25, 0.3) is 0 Å². The van der Waals surface area contributed by atoms with Crippen molar-refractivity contribution in [2.45, 2.75) is 18.9 Å². The molecule has 3 heteroatoms. The lowest BCUT2D eigenvalue weighted by Gasteiger charge is -2.05. The first-order chi connectivity index (χ1) is 5.47. The van der Waals surface area contributed by atoms with Crippen molar-refractivity contribution in [1.29, 1.82) is 0 Å². The predicted molar refractivity (Wildman–Crippen MR) is 40.0 cm³/mol. The topological polar surface area (TPSA) is 35.0 Å². The van der Waals surface area contributed by atoms with E-state index in [0.29, 0.717) is 0 Å². The highest BCUT2D eigenvalue weighted by atomic mass is 16.5. The molecule has 2 rings (SSSR count). The summed E-state index contributed by atoms with van der Waals surface area (Å²) in [5.41, 5.74) is 0.963. The highest BCUT2D eigenvalue weighted by Crippen LogP contribution is 2.25. The summed E-state index contributed by atoms with van der Waals surface area (Å²) in [6.45, 7) is 0.862. The maximum Gasteiger partial charge on any atom is 0.101 e. The van der Waals surface area contributed by atoms with Crippen LogP contribution in [0.25, 0.3) is 0 Å². The molecule has 0 aromatic carbocycles. The minimum atomic E-state index is 0.198. The Morgan fingerprint density at radius 2 is 2.45 bits per heavy atom. The van der Waals surface area contributed by atoms with Crippen LogP contribution in [0, 0.1) is 0 Å². The molecule has 1 aliphatic rings. The van der Waals surface area contributed by atoms with Gasteiger partial charge < -0.3 is 4.74 Å². The second kappa shape index (κ2) is 2.96. The van der Waals surface area contributed by atoms with Crippen molar-refractivity contribution in [3.8, 4) is 0 Å². The van der Waals surface area contributed by atoms with Crippen LogP contribution in [-0.2, 0) is 4.74 Å². The van der Waals surface area contributed by atoms with Gasteiger partial charge in [-0.05, 0) is 12.8 Å². The first-order valence-corrected chi connectivity index (χ1v) is 3.84. The average molecular weight is 150 g/mol. The molecule has 1 unspecified atom stereocenters. The monoisotopic (exact) mass is 150 g/mol. The molecule has 0 amide bonds. The number of hydrogen-bond donors (Lipinski definition) is 0. The molecule has 0 N–H and O–H groups in total. The molecule has 0 bridgehead atoms. The lowest BCUT2D eigenvalue weighted by molar-refractivity contribution is 0.108. The minimum Gasteiger partial charge on any atom is -0.372 e. The van der Waals surface area contributed by atoms with Gasteiger partial charge in [0, 0.05) is 19.0 Å². The fourth-order valence-corrected chi connectivity index (χ4v) is 1.29. The van der Waals surface area contributed by atoms with Crippen LogP contribution < -0.4 is 0 Å².